The molecule has 90 valence electrons. The van der Waals surface area contributed by atoms with Crippen LogP contribution in [0, 0.1) is 0 Å². The molecule has 0 saturated carbocycles. The van der Waals surface area contributed by atoms with Gasteiger partial charge in [0.1, 0.15) is 12.7 Å². The molecule has 0 aliphatic carbocycles. The number of hydrogen-bond acceptors (Lipinski definition) is 7. The summed E-state index contributed by atoms with van der Waals surface area (Å²) in [6.45, 7) is 0.790. The van der Waals surface area contributed by atoms with Gasteiger partial charge in [0.15, 0.2) is 11.9 Å². The molecular formula is C9H12O7. The van der Waals surface area contributed by atoms with Crippen LogP contribution in [0.1, 0.15) is 6.92 Å². The molecule has 2 N–H and O–H groups in total. The molecule has 0 bridgehead atoms. The van der Waals surface area contributed by atoms with Crippen molar-refractivity contribution < 1.29 is 34.0 Å². The van der Waals surface area contributed by atoms with Crippen LogP contribution in [0.2, 0.25) is 0 Å². The van der Waals surface area contributed by atoms with Crippen LogP contribution in [0.25, 0.3) is 0 Å². The highest BCUT2D eigenvalue weighted by Crippen LogP contribution is 2.23. The van der Waals surface area contributed by atoms with Crippen molar-refractivity contribution in [1.29, 1.82) is 0 Å². The number of rotatable bonds is 4. The second kappa shape index (κ2) is 4.84. The van der Waals surface area contributed by atoms with Gasteiger partial charge in [0.2, 0.25) is 5.76 Å². The lowest BCUT2D eigenvalue weighted by Crippen LogP contribution is -2.33. The van der Waals surface area contributed by atoms with Gasteiger partial charge in [-0.3, -0.25) is 4.79 Å². The Kier molecular flexibility index (Phi) is 3.73. The maximum absolute atomic E-state index is 11.1. The zero-order valence-electron chi connectivity index (χ0n) is 8.80. The maximum atomic E-state index is 11.1. The minimum Gasteiger partial charge on any atom is -0.505 e. The Morgan fingerprint density at radius 1 is 1.62 bits per heavy atom. The van der Waals surface area contributed by atoms with Gasteiger partial charge in [-0.15, -0.1) is 0 Å². The number of carbonyl (C=O) groups is 2. The summed E-state index contributed by atoms with van der Waals surface area (Å²) < 4.78 is 13.7. The van der Waals surface area contributed by atoms with Gasteiger partial charge < -0.3 is 24.4 Å². The Labute approximate surface area is 91.2 Å². The molecule has 0 aromatic rings. The van der Waals surface area contributed by atoms with Crippen molar-refractivity contribution in [2.75, 3.05) is 13.7 Å². The van der Waals surface area contributed by atoms with Crippen molar-refractivity contribution in [3.8, 4) is 0 Å². The number of methoxy groups -OCH3 is 1. The third kappa shape index (κ3) is 2.43. The Morgan fingerprint density at radius 3 is 2.69 bits per heavy atom. The molecule has 7 nitrogen and oxygen atoms in total. The molecule has 1 aliphatic heterocycles. The lowest BCUT2D eigenvalue weighted by Gasteiger charge is -2.16. The molecular weight excluding hydrogens is 220 g/mol. The van der Waals surface area contributed by atoms with E-state index in [4.69, 9.17) is 0 Å². The van der Waals surface area contributed by atoms with Gasteiger partial charge in [0, 0.05) is 6.92 Å². The third-order valence-electron chi connectivity index (χ3n) is 1.93. The molecule has 7 heteroatoms. The van der Waals surface area contributed by atoms with E-state index in [1.54, 1.807) is 0 Å². The van der Waals surface area contributed by atoms with Crippen molar-refractivity contribution in [2.24, 2.45) is 0 Å². The minimum absolute atomic E-state index is 0.355. The van der Waals surface area contributed by atoms with Gasteiger partial charge in [0.05, 0.1) is 7.11 Å². The zero-order chi connectivity index (χ0) is 12.3. The molecule has 2 unspecified atom stereocenters. The normalized spacial score (nSPS) is 21.7. The molecule has 0 spiro atoms. The highest BCUT2D eigenvalue weighted by Gasteiger charge is 2.40. The first-order valence-electron chi connectivity index (χ1n) is 4.47. The molecule has 0 fully saturated rings. The molecule has 1 aliphatic rings. The van der Waals surface area contributed by atoms with E-state index in [0.29, 0.717) is 0 Å². The Morgan fingerprint density at radius 2 is 2.25 bits per heavy atom. The fraction of sp³-hybridized carbons (Fsp3) is 0.556. The first kappa shape index (κ1) is 12.3. The predicted octanol–water partition coefficient (Wildman–Crippen LogP) is -0.748. The van der Waals surface area contributed by atoms with Gasteiger partial charge >= 0.3 is 11.9 Å². The highest BCUT2D eigenvalue weighted by molar-refractivity contribution is 5.89. The number of aliphatic hydroxyl groups is 2. The minimum atomic E-state index is -1.33. The highest BCUT2D eigenvalue weighted by atomic mass is 16.6. The van der Waals surface area contributed by atoms with Crippen LogP contribution in [-0.4, -0.2) is 48.1 Å². The van der Waals surface area contributed by atoms with E-state index in [9.17, 15) is 19.8 Å². The predicted molar refractivity (Wildman–Crippen MR) is 49.2 cm³/mol. The van der Waals surface area contributed by atoms with Crippen LogP contribution in [0.4, 0.5) is 0 Å². The van der Waals surface area contributed by atoms with Crippen molar-refractivity contribution >= 4 is 11.9 Å². The van der Waals surface area contributed by atoms with Crippen LogP contribution < -0.4 is 0 Å². The topological polar surface area (TPSA) is 102 Å². The van der Waals surface area contributed by atoms with E-state index in [2.05, 4.69) is 14.2 Å². The Hall–Kier alpha value is -1.76. The van der Waals surface area contributed by atoms with E-state index in [-0.39, 0.29) is 12.4 Å². The molecule has 0 amide bonds. The third-order valence-corrected chi connectivity index (χ3v) is 1.93. The summed E-state index contributed by atoms with van der Waals surface area (Å²) in [6.07, 6.45) is -2.60. The standard InChI is InChI=1S/C9H12O7/c1-4(10)15-3-5(11)7-6(12)8(14-2)9(13)16-7/h5,7,11-12H,3H2,1-2H3. The lowest BCUT2D eigenvalue weighted by molar-refractivity contribution is -0.153. The number of esters is 2. The fourth-order valence-electron chi connectivity index (χ4n) is 1.20. The van der Waals surface area contributed by atoms with Crippen molar-refractivity contribution in [3.05, 3.63) is 11.5 Å². The zero-order valence-corrected chi connectivity index (χ0v) is 8.80. The number of hydrogen-bond donors (Lipinski definition) is 2. The summed E-state index contributed by atoms with van der Waals surface area (Å²) in [6, 6.07) is 0. The van der Waals surface area contributed by atoms with Crippen LogP contribution in [0.5, 0.6) is 0 Å². The summed E-state index contributed by atoms with van der Waals surface area (Å²) in [5.41, 5.74) is 0. The van der Waals surface area contributed by atoms with Crippen LogP contribution in [-0.2, 0) is 23.8 Å². The Balaban J connectivity index is 2.65. The van der Waals surface area contributed by atoms with Crippen LogP contribution in [0.15, 0.2) is 11.5 Å². The van der Waals surface area contributed by atoms with Gasteiger partial charge in [-0.25, -0.2) is 4.79 Å². The summed E-state index contributed by atoms with van der Waals surface area (Å²) in [5.74, 6) is -2.32. The summed E-state index contributed by atoms with van der Waals surface area (Å²) >= 11 is 0. The van der Waals surface area contributed by atoms with Crippen molar-refractivity contribution in [3.63, 3.8) is 0 Å². The van der Waals surface area contributed by atoms with E-state index in [1.807, 2.05) is 0 Å². The summed E-state index contributed by atoms with van der Waals surface area (Å²) in [5, 5.41) is 19.0. The van der Waals surface area contributed by atoms with Crippen molar-refractivity contribution in [2.45, 2.75) is 19.1 Å². The van der Waals surface area contributed by atoms with Gasteiger partial charge in [0.25, 0.3) is 0 Å². The van der Waals surface area contributed by atoms with Crippen molar-refractivity contribution in [1.82, 2.24) is 0 Å². The summed E-state index contributed by atoms with van der Waals surface area (Å²) in [4.78, 5) is 21.6. The van der Waals surface area contributed by atoms with Crippen LogP contribution >= 0.6 is 0 Å². The molecule has 1 rings (SSSR count). The van der Waals surface area contributed by atoms with Gasteiger partial charge in [-0.05, 0) is 0 Å². The maximum Gasteiger partial charge on any atom is 0.378 e. The molecule has 1 heterocycles. The quantitative estimate of drug-likeness (QED) is 0.615. The number of carbonyl (C=O) groups excluding carboxylic acids is 2. The second-order valence-electron chi connectivity index (χ2n) is 3.11. The molecule has 0 radical (unpaired) electrons. The molecule has 0 saturated heterocycles. The largest absolute Gasteiger partial charge is 0.505 e. The smallest absolute Gasteiger partial charge is 0.378 e. The SMILES string of the molecule is COC1=C(O)C(C(O)COC(C)=O)OC1=O. The number of aliphatic hydroxyl groups excluding tert-OH is 2. The first-order valence-corrected chi connectivity index (χ1v) is 4.47. The fourth-order valence-corrected chi connectivity index (χ4v) is 1.20. The average Bonchev–Trinajstić information content (AvgIpc) is 2.50. The number of ether oxygens (including phenoxy) is 3. The summed E-state index contributed by atoms with van der Waals surface area (Å²) in [7, 11) is 1.19. The van der Waals surface area contributed by atoms with E-state index < -0.39 is 29.9 Å². The molecule has 0 aromatic heterocycles. The van der Waals surface area contributed by atoms with E-state index in [0.717, 1.165) is 0 Å². The molecule has 16 heavy (non-hydrogen) atoms. The lowest BCUT2D eigenvalue weighted by atomic mass is 10.2. The molecule has 2 atom stereocenters. The first-order chi connectivity index (χ1) is 7.47. The van der Waals surface area contributed by atoms with E-state index >= 15 is 0 Å². The van der Waals surface area contributed by atoms with Gasteiger partial charge in [-0.2, -0.15) is 0 Å². The second-order valence-corrected chi connectivity index (χ2v) is 3.11. The Bertz CT molecular complexity index is 333. The monoisotopic (exact) mass is 232 g/mol. The van der Waals surface area contributed by atoms with Gasteiger partial charge in [-0.1, -0.05) is 0 Å². The molecule has 0 aromatic carbocycles. The number of cyclic esters (lactones) is 1. The van der Waals surface area contributed by atoms with Crippen LogP contribution in [0.3, 0.4) is 0 Å². The van der Waals surface area contributed by atoms with E-state index in [1.165, 1.54) is 14.0 Å². The average molecular weight is 232 g/mol.